The van der Waals surface area contributed by atoms with Gasteiger partial charge in [0.2, 0.25) is 5.91 Å². The molecule has 8 nitrogen and oxygen atoms in total. The molecule has 0 bridgehead atoms. The Balaban J connectivity index is 1.13. The van der Waals surface area contributed by atoms with Gasteiger partial charge < -0.3 is 15.8 Å². The molecular weight excluding hydrogens is 510 g/mol. The fourth-order valence-electron chi connectivity index (χ4n) is 5.44. The van der Waals surface area contributed by atoms with Gasteiger partial charge in [-0.1, -0.05) is 54.6 Å². The fourth-order valence-corrected chi connectivity index (χ4v) is 6.76. The van der Waals surface area contributed by atoms with Crippen LogP contribution < -0.4 is 15.8 Å². The van der Waals surface area contributed by atoms with E-state index in [1.165, 1.54) is 0 Å². The van der Waals surface area contributed by atoms with Crippen LogP contribution in [0.4, 0.5) is 5.82 Å². The lowest BCUT2D eigenvalue weighted by molar-refractivity contribution is -0.117. The van der Waals surface area contributed by atoms with Crippen molar-refractivity contribution in [3.63, 3.8) is 0 Å². The average molecular weight is 546 g/mol. The third kappa shape index (κ3) is 6.11. The first-order valence-electron chi connectivity index (χ1n) is 13.8. The minimum atomic E-state index is -0.899. The molecule has 39 heavy (non-hydrogen) atoms. The van der Waals surface area contributed by atoms with Crippen molar-refractivity contribution in [3.05, 3.63) is 66.2 Å². The zero-order valence-electron chi connectivity index (χ0n) is 22.0. The van der Waals surface area contributed by atoms with E-state index in [1.807, 2.05) is 60.7 Å². The zero-order valence-corrected chi connectivity index (χ0v) is 22.8. The zero-order chi connectivity index (χ0) is 26.8. The first-order chi connectivity index (χ1) is 19.0. The molecule has 2 saturated carbocycles. The van der Waals surface area contributed by atoms with E-state index in [1.54, 1.807) is 0 Å². The van der Waals surface area contributed by atoms with Gasteiger partial charge in [0.05, 0.1) is 29.7 Å². The lowest BCUT2D eigenvalue weighted by Gasteiger charge is -2.38. The molecule has 1 saturated heterocycles. The van der Waals surface area contributed by atoms with Crippen LogP contribution in [-0.4, -0.2) is 44.8 Å². The van der Waals surface area contributed by atoms with Gasteiger partial charge in [-0.25, -0.2) is 8.93 Å². The molecule has 6 rings (SSSR count). The van der Waals surface area contributed by atoms with E-state index in [0.29, 0.717) is 42.7 Å². The number of hydrogen-bond donors (Lipinski definition) is 3. The maximum atomic E-state index is 12.9. The standard InChI is InChI=1S/C30H35N5O3S/c31-30(18-38-19-30)23-10-8-22(9-11-23)29-26(21-4-2-1-3-5-21)17-27(33-34-29)32-28(36)16-20-6-12-24(13-7-20)35-39(37)25-14-15-25/h1-5,8-11,17,20,24-25,35H,6-7,12-16,18-19,31H2,(H,32,33,36). The number of amides is 1. The van der Waals surface area contributed by atoms with Crippen molar-refractivity contribution in [3.8, 4) is 22.4 Å². The van der Waals surface area contributed by atoms with E-state index in [0.717, 1.165) is 66.5 Å². The first-order valence-corrected chi connectivity index (χ1v) is 15.1. The second-order valence-electron chi connectivity index (χ2n) is 11.2. The van der Waals surface area contributed by atoms with Crippen LogP contribution >= 0.6 is 0 Å². The Labute approximate surface area is 231 Å². The third-order valence-corrected chi connectivity index (χ3v) is 9.67. The average Bonchev–Trinajstić information content (AvgIpc) is 3.79. The Morgan fingerprint density at radius 1 is 0.949 bits per heavy atom. The molecule has 2 aromatic carbocycles. The second kappa shape index (κ2) is 11.3. The number of hydrogen-bond acceptors (Lipinski definition) is 6. The quantitative estimate of drug-likeness (QED) is 0.369. The number of benzene rings is 2. The van der Waals surface area contributed by atoms with Gasteiger partial charge in [-0.2, -0.15) is 0 Å². The number of nitrogens with one attached hydrogen (secondary N) is 2. The highest BCUT2D eigenvalue weighted by molar-refractivity contribution is 7.84. The van der Waals surface area contributed by atoms with E-state index in [9.17, 15) is 9.00 Å². The Morgan fingerprint density at radius 3 is 2.31 bits per heavy atom. The van der Waals surface area contributed by atoms with Gasteiger partial charge in [-0.15, -0.1) is 10.2 Å². The van der Waals surface area contributed by atoms with Crippen LogP contribution in [-0.2, 0) is 26.1 Å². The summed E-state index contributed by atoms with van der Waals surface area (Å²) in [6, 6.07) is 20.3. The fraction of sp³-hybridized carbons (Fsp3) is 0.433. The Kier molecular flexibility index (Phi) is 7.57. The van der Waals surface area contributed by atoms with Crippen molar-refractivity contribution in [2.45, 2.75) is 61.8 Å². The highest BCUT2D eigenvalue weighted by Gasteiger charge is 2.36. The molecule has 4 N–H and O–H groups in total. The molecule has 1 amide bonds. The molecule has 1 aliphatic heterocycles. The molecule has 1 atom stereocenters. The Hall–Kier alpha value is -2.98. The molecular formula is C30H35N5O3S. The maximum Gasteiger partial charge on any atom is 0.225 e. The number of carbonyl (C=O) groups is 1. The first kappa shape index (κ1) is 26.3. The largest absolute Gasteiger partial charge is 0.377 e. The molecule has 2 aliphatic carbocycles. The molecule has 3 aromatic rings. The number of nitrogens with zero attached hydrogens (tertiary/aromatic N) is 2. The summed E-state index contributed by atoms with van der Waals surface area (Å²) in [4.78, 5) is 12.9. The number of ether oxygens (including phenoxy) is 1. The van der Waals surface area contributed by atoms with Crippen LogP contribution in [0.5, 0.6) is 0 Å². The summed E-state index contributed by atoms with van der Waals surface area (Å²) in [5.74, 6) is 0.722. The van der Waals surface area contributed by atoms with E-state index in [-0.39, 0.29) is 5.91 Å². The second-order valence-corrected chi connectivity index (χ2v) is 12.7. The molecule has 204 valence electrons. The van der Waals surface area contributed by atoms with Gasteiger partial charge in [-0.05, 0) is 61.6 Å². The van der Waals surface area contributed by atoms with Crippen LogP contribution in [0, 0.1) is 5.92 Å². The lowest BCUT2D eigenvalue weighted by atomic mass is 9.84. The topological polar surface area (TPSA) is 119 Å². The Bertz CT molecular complexity index is 1330. The summed E-state index contributed by atoms with van der Waals surface area (Å²) in [7, 11) is -0.899. The van der Waals surface area contributed by atoms with E-state index in [4.69, 9.17) is 10.5 Å². The minimum Gasteiger partial charge on any atom is -0.377 e. The molecule has 0 radical (unpaired) electrons. The highest BCUT2D eigenvalue weighted by Crippen LogP contribution is 2.34. The lowest BCUT2D eigenvalue weighted by Crippen LogP contribution is -2.54. The number of nitrogens with two attached hydrogens (primary N) is 1. The molecule has 3 fully saturated rings. The van der Waals surface area contributed by atoms with Gasteiger partial charge >= 0.3 is 0 Å². The van der Waals surface area contributed by atoms with Crippen molar-refractivity contribution >= 4 is 22.7 Å². The van der Waals surface area contributed by atoms with Crippen LogP contribution in [0.15, 0.2) is 60.7 Å². The number of carbonyl (C=O) groups excluding carboxylic acids is 1. The van der Waals surface area contributed by atoms with Crippen molar-refractivity contribution in [2.24, 2.45) is 11.7 Å². The molecule has 1 unspecified atom stereocenters. The van der Waals surface area contributed by atoms with Crippen LogP contribution in [0.3, 0.4) is 0 Å². The smallest absolute Gasteiger partial charge is 0.225 e. The van der Waals surface area contributed by atoms with Crippen molar-refractivity contribution in [2.75, 3.05) is 18.5 Å². The highest BCUT2D eigenvalue weighted by atomic mass is 32.2. The number of aromatic nitrogens is 2. The third-order valence-electron chi connectivity index (χ3n) is 8.03. The normalized spacial score (nSPS) is 23.0. The van der Waals surface area contributed by atoms with Gasteiger partial charge in [0, 0.05) is 28.8 Å². The summed E-state index contributed by atoms with van der Waals surface area (Å²) < 4.78 is 20.8. The van der Waals surface area contributed by atoms with Crippen molar-refractivity contribution in [1.82, 2.24) is 14.9 Å². The summed E-state index contributed by atoms with van der Waals surface area (Å²) in [6.07, 6.45) is 6.43. The SMILES string of the molecule is NC1(c2ccc(-c3nnc(NC(=O)CC4CCC(NS(=O)C5CC5)CC4)cc3-c3ccccc3)cc2)COC1. The number of anilines is 1. The molecule has 1 aromatic heterocycles. The van der Waals surface area contributed by atoms with E-state index in [2.05, 4.69) is 20.2 Å². The van der Waals surface area contributed by atoms with E-state index >= 15 is 0 Å². The summed E-state index contributed by atoms with van der Waals surface area (Å²) in [5.41, 5.74) is 10.6. The van der Waals surface area contributed by atoms with Gasteiger partial charge in [0.25, 0.3) is 0 Å². The molecule has 3 aliphatic rings. The minimum absolute atomic E-state index is 0.0469. The molecule has 0 spiro atoms. The summed E-state index contributed by atoms with van der Waals surface area (Å²) in [5, 5.41) is 12.3. The predicted octanol–water partition coefficient (Wildman–Crippen LogP) is 4.30. The Morgan fingerprint density at radius 2 is 1.67 bits per heavy atom. The van der Waals surface area contributed by atoms with Crippen LogP contribution in [0.1, 0.15) is 50.5 Å². The van der Waals surface area contributed by atoms with Crippen molar-refractivity contribution in [1.29, 1.82) is 0 Å². The van der Waals surface area contributed by atoms with Gasteiger partial charge in [0.15, 0.2) is 5.82 Å². The van der Waals surface area contributed by atoms with Crippen LogP contribution in [0.25, 0.3) is 22.4 Å². The van der Waals surface area contributed by atoms with Gasteiger partial charge in [0.1, 0.15) is 5.69 Å². The van der Waals surface area contributed by atoms with Gasteiger partial charge in [-0.3, -0.25) is 4.79 Å². The molecule has 2 heterocycles. The summed E-state index contributed by atoms with van der Waals surface area (Å²) in [6.45, 7) is 1.05. The monoisotopic (exact) mass is 545 g/mol. The number of rotatable bonds is 9. The maximum absolute atomic E-state index is 12.9. The predicted molar refractivity (Wildman–Crippen MR) is 153 cm³/mol. The van der Waals surface area contributed by atoms with E-state index < -0.39 is 16.5 Å². The van der Waals surface area contributed by atoms with Crippen molar-refractivity contribution < 1.29 is 13.7 Å². The summed E-state index contributed by atoms with van der Waals surface area (Å²) >= 11 is 0. The van der Waals surface area contributed by atoms with Crippen LogP contribution in [0.2, 0.25) is 0 Å². The molecule has 9 heteroatoms.